The Hall–Kier alpha value is 1.32. The van der Waals surface area contributed by atoms with E-state index >= 15 is 0 Å². The maximum atomic E-state index is 11.2. The second-order valence-corrected chi connectivity index (χ2v) is 8.16. The van der Waals surface area contributed by atoms with Crippen LogP contribution in [0.15, 0.2) is 0 Å². The molecule has 0 bridgehead atoms. The van der Waals surface area contributed by atoms with E-state index in [-0.39, 0.29) is 42.7 Å². The van der Waals surface area contributed by atoms with Gasteiger partial charge in [-0.3, -0.25) is 14.0 Å². The quantitative estimate of drug-likeness (QED) is 0.176. The van der Waals surface area contributed by atoms with Gasteiger partial charge in [-0.15, -0.1) is 23.2 Å². The van der Waals surface area contributed by atoms with Gasteiger partial charge in [0.05, 0.1) is 5.88 Å². The minimum absolute atomic E-state index is 0. The second-order valence-electron chi connectivity index (χ2n) is 3.89. The van der Waals surface area contributed by atoms with Gasteiger partial charge in [0, 0.05) is 26.8 Å². The first-order chi connectivity index (χ1) is 9.04. The van der Waals surface area contributed by atoms with Crippen LogP contribution in [0.5, 0.6) is 0 Å². The van der Waals surface area contributed by atoms with Crippen molar-refractivity contribution >= 4 is 43.4 Å². The van der Waals surface area contributed by atoms with Crippen LogP contribution in [-0.2, 0) is 25.0 Å². The second kappa shape index (κ2) is 11.0. The zero-order chi connectivity index (χ0) is 16.0. The van der Waals surface area contributed by atoms with Crippen LogP contribution in [0.2, 0.25) is 0 Å². The first-order valence-electron chi connectivity index (χ1n) is 5.39. The summed E-state index contributed by atoms with van der Waals surface area (Å²) in [6.07, 6.45) is 0.356. The van der Waals surface area contributed by atoms with Crippen LogP contribution < -0.4 is 29.6 Å². The molecule has 21 heavy (non-hydrogen) atoms. The predicted octanol–water partition coefficient (Wildman–Crippen LogP) is -2.77. The van der Waals surface area contributed by atoms with Crippen molar-refractivity contribution in [1.82, 2.24) is 4.90 Å². The van der Waals surface area contributed by atoms with Crippen LogP contribution in [0.3, 0.4) is 0 Å². The van der Waals surface area contributed by atoms with E-state index in [2.05, 4.69) is 0 Å². The van der Waals surface area contributed by atoms with Gasteiger partial charge in [-0.25, -0.2) is 0 Å². The van der Waals surface area contributed by atoms with Crippen LogP contribution in [0.1, 0.15) is 6.42 Å². The van der Waals surface area contributed by atoms with Crippen LogP contribution in [-0.4, -0.2) is 73.6 Å². The third-order valence-corrected chi connectivity index (χ3v) is 5.61. The summed E-state index contributed by atoms with van der Waals surface area (Å²) in [6, 6.07) is 0. The summed E-state index contributed by atoms with van der Waals surface area (Å²) in [6.45, 7) is -0.166. The van der Waals surface area contributed by atoms with Crippen molar-refractivity contribution < 1.29 is 60.2 Å². The largest absolute Gasteiger partial charge is 1.00 e. The molecule has 0 heterocycles. The van der Waals surface area contributed by atoms with E-state index in [1.54, 1.807) is 0 Å². The molecule has 0 fully saturated rings. The molecule has 0 saturated carbocycles. The van der Waals surface area contributed by atoms with Crippen LogP contribution in [0.4, 0.5) is 0 Å². The van der Waals surface area contributed by atoms with Crippen molar-refractivity contribution in [3.8, 4) is 0 Å². The number of rotatable bonds is 10. The summed E-state index contributed by atoms with van der Waals surface area (Å²) in [5.41, 5.74) is 0. The minimum Gasteiger partial charge on any atom is -0.385 e. The zero-order valence-corrected chi connectivity index (χ0v) is 16.8. The van der Waals surface area contributed by atoms with Gasteiger partial charge in [0.1, 0.15) is 0 Å². The molecule has 8 nitrogen and oxygen atoms in total. The fraction of sp³-hybridized carbons (Fsp3) is 1.00. The van der Waals surface area contributed by atoms with Crippen molar-refractivity contribution in [3.05, 3.63) is 0 Å². The molecule has 13 heteroatoms. The first kappa shape index (κ1) is 24.6. The minimum atomic E-state index is -4.54. The standard InChI is InChI=1S/C8H17Cl2NO7S2.Na/c1-18-4-2-3-11(6-7(10)19(12,13)14)8(5-9)20(15,16)17;/h7-8H,2-6H2,1H3,(H,12,13,14)(H,15,16,17);/q;+1. The topological polar surface area (TPSA) is 121 Å². The van der Waals surface area contributed by atoms with Gasteiger partial charge < -0.3 is 4.74 Å². The van der Waals surface area contributed by atoms with Gasteiger partial charge in [-0.2, -0.15) is 16.8 Å². The van der Waals surface area contributed by atoms with Crippen LogP contribution in [0, 0.1) is 0 Å². The summed E-state index contributed by atoms with van der Waals surface area (Å²) in [5.74, 6) is -0.485. The molecule has 0 aromatic carbocycles. The van der Waals surface area contributed by atoms with E-state index in [4.69, 9.17) is 37.0 Å². The third-order valence-electron chi connectivity index (χ3n) is 2.38. The van der Waals surface area contributed by atoms with E-state index in [0.29, 0.717) is 6.42 Å². The van der Waals surface area contributed by atoms with E-state index in [0.717, 1.165) is 4.90 Å². The van der Waals surface area contributed by atoms with Gasteiger partial charge in [0.2, 0.25) is 0 Å². The molecule has 0 aliphatic carbocycles. The Morgan fingerprint density at radius 3 is 2.05 bits per heavy atom. The Bertz CT molecular complexity index is 487. The maximum absolute atomic E-state index is 11.2. The Morgan fingerprint density at radius 2 is 1.71 bits per heavy atom. The fourth-order valence-corrected chi connectivity index (χ4v) is 3.37. The summed E-state index contributed by atoms with van der Waals surface area (Å²) in [7, 11) is -7.63. The first-order valence-corrected chi connectivity index (χ1v) is 9.37. The number of alkyl halides is 2. The number of methoxy groups -OCH3 is 1. The van der Waals surface area contributed by atoms with Crippen molar-refractivity contribution in [2.24, 2.45) is 0 Å². The van der Waals surface area contributed by atoms with E-state index in [9.17, 15) is 16.8 Å². The molecule has 0 amide bonds. The van der Waals surface area contributed by atoms with Gasteiger partial charge in [-0.05, 0) is 6.42 Å². The maximum Gasteiger partial charge on any atom is 1.00 e. The smallest absolute Gasteiger partial charge is 0.385 e. The summed E-state index contributed by atoms with van der Waals surface area (Å²) >= 11 is 11.0. The monoisotopic (exact) mass is 396 g/mol. The molecule has 0 aromatic heterocycles. The Balaban J connectivity index is 0. The Morgan fingerprint density at radius 1 is 1.19 bits per heavy atom. The van der Waals surface area contributed by atoms with Crippen molar-refractivity contribution in [3.63, 3.8) is 0 Å². The molecule has 0 aliphatic heterocycles. The van der Waals surface area contributed by atoms with Gasteiger partial charge in [-0.1, -0.05) is 0 Å². The third kappa shape index (κ3) is 9.92. The number of hydrogen-bond acceptors (Lipinski definition) is 6. The van der Waals surface area contributed by atoms with Crippen LogP contribution >= 0.6 is 23.2 Å². The average molecular weight is 397 g/mol. The number of nitrogens with zero attached hydrogens (tertiary/aromatic N) is 1. The number of hydrogen-bond donors (Lipinski definition) is 2. The molecule has 2 N–H and O–H groups in total. The Labute approximate surface area is 156 Å². The molecule has 122 valence electrons. The SMILES string of the molecule is COCCCN(CC(Cl)S(=O)(=O)O)C(CCl)S(=O)(=O)O.[Na+]. The Kier molecular flexibility index (Phi) is 12.8. The van der Waals surface area contributed by atoms with Gasteiger partial charge in [0.15, 0.2) is 10.1 Å². The number of ether oxygens (including phenoxy) is 1. The van der Waals surface area contributed by atoms with E-state index in [1.807, 2.05) is 0 Å². The normalized spacial score (nSPS) is 15.5. The molecule has 0 aliphatic rings. The fourth-order valence-electron chi connectivity index (χ4n) is 1.41. The summed E-state index contributed by atoms with van der Waals surface area (Å²) in [4.78, 5) is 1.06. The van der Waals surface area contributed by atoms with Crippen molar-refractivity contribution in [2.75, 3.05) is 32.7 Å². The van der Waals surface area contributed by atoms with E-state index < -0.39 is 42.7 Å². The van der Waals surface area contributed by atoms with E-state index in [1.165, 1.54) is 7.11 Å². The van der Waals surface area contributed by atoms with Crippen molar-refractivity contribution in [1.29, 1.82) is 0 Å². The molecule has 0 rings (SSSR count). The van der Waals surface area contributed by atoms with Crippen molar-refractivity contribution in [2.45, 2.75) is 16.5 Å². The molecule has 0 spiro atoms. The predicted molar refractivity (Wildman–Crippen MR) is 75.3 cm³/mol. The van der Waals surface area contributed by atoms with Gasteiger partial charge in [0.25, 0.3) is 20.2 Å². The zero-order valence-electron chi connectivity index (χ0n) is 11.6. The average Bonchev–Trinajstić information content (AvgIpc) is 2.26. The summed E-state index contributed by atoms with van der Waals surface area (Å²) in [5, 5.41) is -1.52. The molecule has 0 saturated heterocycles. The molecule has 2 atom stereocenters. The number of halogens is 2. The van der Waals surface area contributed by atoms with Crippen LogP contribution in [0.25, 0.3) is 0 Å². The summed E-state index contributed by atoms with van der Waals surface area (Å²) < 4.78 is 65.1. The molecule has 2 unspecified atom stereocenters. The molecular formula is C8H17Cl2NNaO7S2+. The molecule has 0 aromatic rings. The molecular weight excluding hydrogens is 380 g/mol. The molecule has 0 radical (unpaired) electrons. The van der Waals surface area contributed by atoms with Gasteiger partial charge >= 0.3 is 29.6 Å².